The maximum Gasteiger partial charge on any atom is 0.244 e. The molecular weight excluding hydrogens is 443 g/mol. The minimum atomic E-state index is -4.22. The van der Waals surface area contributed by atoms with Crippen molar-refractivity contribution in [3.05, 3.63) is 41.7 Å². The van der Waals surface area contributed by atoms with Gasteiger partial charge in [-0.2, -0.15) is 5.26 Å². The normalized spacial score (nSPS) is 14.6. The van der Waals surface area contributed by atoms with Gasteiger partial charge in [0.1, 0.15) is 36.7 Å². The number of hydrogen-bond acceptors (Lipinski definition) is 5. The van der Waals surface area contributed by atoms with Crippen LogP contribution in [-0.2, 0) is 16.7 Å². The van der Waals surface area contributed by atoms with Gasteiger partial charge in [0.15, 0.2) is 5.82 Å². The Morgan fingerprint density at radius 1 is 1.19 bits per heavy atom. The molecule has 0 unspecified atom stereocenters. The predicted octanol–water partition coefficient (Wildman–Crippen LogP) is 3.75. The van der Waals surface area contributed by atoms with Gasteiger partial charge in [0.2, 0.25) is 10.0 Å². The SMILES string of the molecule is N#Cc1c(-c2ncc(S(=O)(=O)NC(CF)CF)cn2)n(C2CCC2)c2cc(CF)ccc12. The number of hydrogen-bond donors (Lipinski definition) is 1. The van der Waals surface area contributed by atoms with Crippen LogP contribution in [0.5, 0.6) is 0 Å². The third-order valence-electron chi connectivity index (χ3n) is 5.62. The van der Waals surface area contributed by atoms with E-state index in [1.807, 2.05) is 9.29 Å². The highest BCUT2D eigenvalue weighted by Crippen LogP contribution is 2.41. The smallest absolute Gasteiger partial charge is 0.244 e. The van der Waals surface area contributed by atoms with E-state index < -0.39 is 36.1 Å². The van der Waals surface area contributed by atoms with E-state index in [1.54, 1.807) is 18.2 Å². The van der Waals surface area contributed by atoms with Crippen molar-refractivity contribution in [3.63, 3.8) is 0 Å². The van der Waals surface area contributed by atoms with Gasteiger partial charge in [0.05, 0.1) is 29.5 Å². The highest BCUT2D eigenvalue weighted by molar-refractivity contribution is 7.89. The summed E-state index contributed by atoms with van der Waals surface area (Å²) in [5.41, 5.74) is 1.94. The zero-order chi connectivity index (χ0) is 22.9. The van der Waals surface area contributed by atoms with Crippen LogP contribution in [0.15, 0.2) is 35.5 Å². The molecule has 3 aromatic rings. The van der Waals surface area contributed by atoms with Crippen molar-refractivity contribution in [2.75, 3.05) is 13.3 Å². The lowest BCUT2D eigenvalue weighted by Crippen LogP contribution is -2.38. The van der Waals surface area contributed by atoms with E-state index in [0.717, 1.165) is 31.7 Å². The number of rotatable bonds is 8. The van der Waals surface area contributed by atoms with Gasteiger partial charge in [-0.25, -0.2) is 36.3 Å². The van der Waals surface area contributed by atoms with Crippen LogP contribution in [0.25, 0.3) is 22.4 Å². The molecule has 32 heavy (non-hydrogen) atoms. The fourth-order valence-electron chi connectivity index (χ4n) is 3.77. The standard InChI is InChI=1S/C21H20F3N5O2S/c22-7-13-4-5-17-18(10-25)20(29(19(17)6-13)15-2-1-3-15)21-26-11-16(12-27-21)32(30,31)28-14(8-23)9-24/h4-6,11-12,14-15,28H,1-3,7-9H2. The number of nitrogens with one attached hydrogen (secondary N) is 1. The molecule has 0 atom stereocenters. The molecule has 0 amide bonds. The summed E-state index contributed by atoms with van der Waals surface area (Å²) in [6, 6.07) is 5.79. The molecule has 2 heterocycles. The number of benzene rings is 1. The second kappa shape index (κ2) is 8.88. The maximum absolute atomic E-state index is 13.3. The number of halogens is 3. The summed E-state index contributed by atoms with van der Waals surface area (Å²) in [7, 11) is -4.22. The van der Waals surface area contributed by atoms with E-state index in [0.29, 0.717) is 27.7 Å². The average Bonchev–Trinajstić information content (AvgIpc) is 3.09. The van der Waals surface area contributed by atoms with Crippen molar-refractivity contribution in [2.45, 2.75) is 42.9 Å². The van der Waals surface area contributed by atoms with Crippen molar-refractivity contribution < 1.29 is 21.6 Å². The number of alkyl halides is 3. The van der Waals surface area contributed by atoms with Crippen LogP contribution in [0.1, 0.15) is 36.4 Å². The fraction of sp³-hybridized carbons (Fsp3) is 0.381. The topological polar surface area (TPSA) is 101 Å². The first kappa shape index (κ1) is 22.2. The Hall–Kier alpha value is -2.97. The second-order valence-electron chi connectivity index (χ2n) is 7.64. The van der Waals surface area contributed by atoms with Gasteiger partial charge < -0.3 is 4.57 Å². The molecule has 2 aromatic heterocycles. The lowest BCUT2D eigenvalue weighted by Gasteiger charge is -2.29. The summed E-state index contributed by atoms with van der Waals surface area (Å²) >= 11 is 0. The van der Waals surface area contributed by atoms with Crippen molar-refractivity contribution in [3.8, 4) is 17.6 Å². The summed E-state index contributed by atoms with van der Waals surface area (Å²) in [4.78, 5) is 7.97. The van der Waals surface area contributed by atoms with Gasteiger partial charge in [-0.05, 0) is 30.9 Å². The van der Waals surface area contributed by atoms with Gasteiger partial charge in [-0.15, -0.1) is 0 Å². The molecule has 0 spiro atoms. The van der Waals surface area contributed by atoms with Crippen LogP contribution >= 0.6 is 0 Å². The first-order chi connectivity index (χ1) is 15.4. The first-order valence-corrected chi connectivity index (χ1v) is 11.5. The Morgan fingerprint density at radius 2 is 1.88 bits per heavy atom. The predicted molar refractivity (Wildman–Crippen MR) is 111 cm³/mol. The van der Waals surface area contributed by atoms with E-state index in [1.165, 1.54) is 0 Å². The van der Waals surface area contributed by atoms with Crippen LogP contribution in [0, 0.1) is 11.3 Å². The molecule has 0 aliphatic heterocycles. The molecule has 1 N–H and O–H groups in total. The zero-order valence-corrected chi connectivity index (χ0v) is 17.7. The molecule has 11 heteroatoms. The minimum Gasteiger partial charge on any atom is -0.334 e. The maximum atomic E-state index is 13.3. The zero-order valence-electron chi connectivity index (χ0n) is 16.9. The third kappa shape index (κ3) is 3.84. The van der Waals surface area contributed by atoms with E-state index in [4.69, 9.17) is 0 Å². The van der Waals surface area contributed by atoms with Crippen molar-refractivity contribution in [1.29, 1.82) is 5.26 Å². The van der Waals surface area contributed by atoms with E-state index in [-0.39, 0.29) is 16.8 Å². The number of aromatic nitrogens is 3. The van der Waals surface area contributed by atoms with Gasteiger partial charge >= 0.3 is 0 Å². The largest absolute Gasteiger partial charge is 0.334 e. The van der Waals surface area contributed by atoms with Gasteiger partial charge in [0, 0.05) is 11.4 Å². The first-order valence-electron chi connectivity index (χ1n) is 10.0. The van der Waals surface area contributed by atoms with Crippen LogP contribution in [-0.4, -0.2) is 42.3 Å². The van der Waals surface area contributed by atoms with Crippen molar-refractivity contribution in [1.82, 2.24) is 19.3 Å². The number of nitrogens with zero attached hydrogens (tertiary/aromatic N) is 4. The molecule has 4 rings (SSSR count). The van der Waals surface area contributed by atoms with E-state index in [2.05, 4.69) is 16.0 Å². The van der Waals surface area contributed by atoms with E-state index >= 15 is 0 Å². The Labute approximate surface area is 183 Å². The molecule has 0 bridgehead atoms. The van der Waals surface area contributed by atoms with Gasteiger partial charge in [0.25, 0.3) is 0 Å². The molecule has 1 aliphatic carbocycles. The average molecular weight is 463 g/mol. The minimum absolute atomic E-state index is 0.0907. The quantitative estimate of drug-likeness (QED) is 0.548. The van der Waals surface area contributed by atoms with Crippen LogP contribution < -0.4 is 4.72 Å². The van der Waals surface area contributed by atoms with Crippen molar-refractivity contribution >= 4 is 20.9 Å². The van der Waals surface area contributed by atoms with Crippen LogP contribution in [0.4, 0.5) is 13.2 Å². The van der Waals surface area contributed by atoms with Crippen LogP contribution in [0.2, 0.25) is 0 Å². The van der Waals surface area contributed by atoms with Gasteiger partial charge in [-0.1, -0.05) is 12.1 Å². The highest BCUT2D eigenvalue weighted by atomic mass is 32.2. The van der Waals surface area contributed by atoms with E-state index in [9.17, 15) is 26.9 Å². The summed E-state index contributed by atoms with van der Waals surface area (Å²) in [6.45, 7) is -3.02. The molecule has 168 valence electrons. The lowest BCUT2D eigenvalue weighted by molar-refractivity contribution is 0.323. The molecule has 1 saturated carbocycles. The molecule has 1 aromatic carbocycles. The van der Waals surface area contributed by atoms with Gasteiger partial charge in [-0.3, -0.25) is 0 Å². The van der Waals surface area contributed by atoms with Crippen LogP contribution in [0.3, 0.4) is 0 Å². The molecular formula is C21H20F3N5O2S. The highest BCUT2D eigenvalue weighted by Gasteiger charge is 2.29. The number of fused-ring (bicyclic) bond motifs is 1. The Kier molecular flexibility index (Phi) is 6.17. The summed E-state index contributed by atoms with van der Waals surface area (Å²) in [5.74, 6) is 0.137. The summed E-state index contributed by atoms with van der Waals surface area (Å²) in [5, 5.41) is 10.5. The molecule has 1 fully saturated rings. The Bertz CT molecular complexity index is 1280. The summed E-state index contributed by atoms with van der Waals surface area (Å²) in [6.07, 6.45) is 4.85. The molecule has 7 nitrogen and oxygen atoms in total. The lowest BCUT2D eigenvalue weighted by atomic mass is 9.92. The molecule has 1 aliphatic rings. The Balaban J connectivity index is 1.82. The number of sulfonamides is 1. The second-order valence-corrected chi connectivity index (χ2v) is 9.36. The monoisotopic (exact) mass is 463 g/mol. The van der Waals surface area contributed by atoms with Crippen molar-refractivity contribution in [2.24, 2.45) is 0 Å². The molecule has 0 saturated heterocycles. The number of nitriles is 1. The Morgan fingerprint density at radius 3 is 2.41 bits per heavy atom. The summed E-state index contributed by atoms with van der Waals surface area (Å²) < 4.78 is 67.3. The third-order valence-corrected chi connectivity index (χ3v) is 7.09. The molecule has 0 radical (unpaired) electrons. The fourth-order valence-corrected chi connectivity index (χ4v) is 4.85.